The Morgan fingerprint density at radius 3 is 2.57 bits per heavy atom. The van der Waals surface area contributed by atoms with Gasteiger partial charge in [-0.3, -0.25) is 9.69 Å². The number of hydrogen-bond acceptors (Lipinski definition) is 4. The molecule has 0 spiro atoms. The molecular weight excluding hydrogens is 417 g/mol. The molecule has 1 fully saturated rings. The van der Waals surface area contributed by atoms with Gasteiger partial charge in [0.15, 0.2) is 10.9 Å². The molecule has 0 radical (unpaired) electrons. The topological polar surface area (TPSA) is 65.4 Å². The third kappa shape index (κ3) is 4.12. The summed E-state index contributed by atoms with van der Waals surface area (Å²) in [6.07, 6.45) is 1.64. The van der Waals surface area contributed by atoms with Crippen molar-refractivity contribution in [1.82, 2.24) is 10.2 Å². The second-order valence-corrected chi connectivity index (χ2v) is 7.11. The Morgan fingerprint density at radius 2 is 1.96 bits per heavy atom. The predicted molar refractivity (Wildman–Crippen MR) is 113 cm³/mol. The van der Waals surface area contributed by atoms with Crippen LogP contribution in [-0.2, 0) is 11.4 Å². The zero-order valence-electron chi connectivity index (χ0n) is 14.8. The molecule has 0 aliphatic carbocycles. The van der Waals surface area contributed by atoms with Gasteiger partial charge in [0.2, 0.25) is 0 Å². The van der Waals surface area contributed by atoms with Crippen LogP contribution >= 0.6 is 35.4 Å². The van der Waals surface area contributed by atoms with E-state index in [1.165, 1.54) is 4.90 Å². The van der Waals surface area contributed by atoms with Crippen molar-refractivity contribution >= 4 is 52.5 Å². The van der Waals surface area contributed by atoms with Crippen molar-refractivity contribution in [3.63, 3.8) is 0 Å². The second kappa shape index (κ2) is 8.61. The lowest BCUT2D eigenvalue weighted by molar-refractivity contribution is -0.122. The van der Waals surface area contributed by atoms with Crippen LogP contribution in [0, 0.1) is 11.3 Å². The highest BCUT2D eigenvalue weighted by atomic mass is 35.5. The van der Waals surface area contributed by atoms with Crippen molar-refractivity contribution in [3.05, 3.63) is 68.8 Å². The first-order valence-corrected chi connectivity index (χ1v) is 9.55. The molecule has 0 atom stereocenters. The summed E-state index contributed by atoms with van der Waals surface area (Å²) < 4.78 is 5.75. The Balaban J connectivity index is 1.82. The molecule has 2 aromatic rings. The summed E-state index contributed by atoms with van der Waals surface area (Å²) in [5.41, 5.74) is 2.25. The molecule has 1 heterocycles. The van der Waals surface area contributed by atoms with E-state index in [2.05, 4.69) is 11.4 Å². The molecule has 142 valence electrons. The summed E-state index contributed by atoms with van der Waals surface area (Å²) in [6, 6.07) is 12.6. The number of likely N-dealkylation sites (N-methyl/N-ethyl adjacent to an activating group) is 1. The van der Waals surface area contributed by atoms with E-state index in [4.69, 9.17) is 45.4 Å². The molecule has 1 N–H and O–H groups in total. The van der Waals surface area contributed by atoms with Gasteiger partial charge in [0.25, 0.3) is 5.91 Å². The lowest BCUT2D eigenvalue weighted by Crippen LogP contribution is -2.30. The van der Waals surface area contributed by atoms with Crippen molar-refractivity contribution in [1.29, 1.82) is 5.26 Å². The maximum absolute atomic E-state index is 12.3. The Labute approximate surface area is 178 Å². The smallest absolute Gasteiger partial charge is 0.276 e. The van der Waals surface area contributed by atoms with Gasteiger partial charge in [-0.1, -0.05) is 41.4 Å². The largest absolute Gasteiger partial charge is 0.486 e. The quantitative estimate of drug-likeness (QED) is 0.556. The van der Waals surface area contributed by atoms with E-state index in [0.29, 0.717) is 44.3 Å². The second-order valence-electron chi connectivity index (χ2n) is 5.91. The number of benzene rings is 2. The number of carbonyl (C=O) groups is 1. The van der Waals surface area contributed by atoms with E-state index in [0.717, 1.165) is 5.56 Å². The van der Waals surface area contributed by atoms with Crippen LogP contribution in [0.1, 0.15) is 23.6 Å². The molecular formula is C20H15Cl2N3O2S. The lowest BCUT2D eigenvalue weighted by Gasteiger charge is -2.12. The number of thiocarbonyl (C=S) groups is 1. The van der Waals surface area contributed by atoms with E-state index in [1.807, 2.05) is 13.0 Å². The molecule has 0 unspecified atom stereocenters. The molecule has 2 aromatic carbocycles. The first kappa shape index (κ1) is 20.2. The molecule has 1 aliphatic heterocycles. The van der Waals surface area contributed by atoms with E-state index >= 15 is 0 Å². The van der Waals surface area contributed by atoms with Crippen LogP contribution in [0.25, 0.3) is 6.08 Å². The van der Waals surface area contributed by atoms with Gasteiger partial charge in [0, 0.05) is 12.1 Å². The Kier molecular flexibility index (Phi) is 6.20. The maximum Gasteiger partial charge on any atom is 0.276 e. The van der Waals surface area contributed by atoms with Crippen LogP contribution in [0.3, 0.4) is 0 Å². The minimum absolute atomic E-state index is 0.156. The van der Waals surface area contributed by atoms with Gasteiger partial charge < -0.3 is 10.1 Å². The molecule has 0 bridgehead atoms. The highest BCUT2D eigenvalue weighted by molar-refractivity contribution is 7.80. The van der Waals surface area contributed by atoms with Crippen LogP contribution in [0.15, 0.2) is 42.1 Å². The Morgan fingerprint density at radius 1 is 1.29 bits per heavy atom. The molecule has 0 saturated carbocycles. The van der Waals surface area contributed by atoms with Gasteiger partial charge in [-0.2, -0.15) is 5.26 Å². The third-order valence-electron chi connectivity index (χ3n) is 4.12. The van der Waals surface area contributed by atoms with Crippen LogP contribution in [-0.4, -0.2) is 22.5 Å². The minimum Gasteiger partial charge on any atom is -0.486 e. The molecule has 1 saturated heterocycles. The van der Waals surface area contributed by atoms with Crippen molar-refractivity contribution < 1.29 is 9.53 Å². The normalized spacial score (nSPS) is 14.9. The summed E-state index contributed by atoms with van der Waals surface area (Å²) in [5.74, 6) is 0.114. The molecule has 28 heavy (non-hydrogen) atoms. The summed E-state index contributed by atoms with van der Waals surface area (Å²) in [7, 11) is 0. The number of nitrogens with zero attached hydrogens (tertiary/aromatic N) is 2. The first-order valence-electron chi connectivity index (χ1n) is 8.39. The number of nitrogens with one attached hydrogen (secondary N) is 1. The molecule has 1 aliphatic rings. The zero-order chi connectivity index (χ0) is 20.3. The van der Waals surface area contributed by atoms with Crippen molar-refractivity contribution in [2.24, 2.45) is 0 Å². The summed E-state index contributed by atoms with van der Waals surface area (Å²) in [4.78, 5) is 13.8. The average Bonchev–Trinajstić information content (AvgIpc) is 2.94. The molecule has 1 amide bonds. The predicted octanol–water partition coefficient (Wildman–Crippen LogP) is 4.52. The van der Waals surface area contributed by atoms with Gasteiger partial charge in [-0.05, 0) is 49.0 Å². The van der Waals surface area contributed by atoms with Gasteiger partial charge in [0.1, 0.15) is 12.3 Å². The monoisotopic (exact) mass is 431 g/mol. The van der Waals surface area contributed by atoms with Crippen LogP contribution in [0.5, 0.6) is 5.75 Å². The molecule has 3 rings (SSSR count). The zero-order valence-corrected chi connectivity index (χ0v) is 17.2. The Hall–Kier alpha value is -2.59. The van der Waals surface area contributed by atoms with Crippen LogP contribution in [0.4, 0.5) is 0 Å². The number of nitriles is 1. The van der Waals surface area contributed by atoms with E-state index in [9.17, 15) is 4.79 Å². The lowest BCUT2D eigenvalue weighted by atomic mass is 10.1. The standard InChI is InChI=1S/C20H15Cl2N3O2S/c1-2-25-19(26)17(24-20(25)28)9-12-7-15(21)18(16(22)8-12)27-11-14-6-4-3-5-13(14)10-23/h3-9H,2,11H2,1H3,(H,24,28)/b17-9+. The fraction of sp³-hybridized carbons (Fsp3) is 0.150. The van der Waals surface area contributed by atoms with Gasteiger partial charge >= 0.3 is 0 Å². The van der Waals surface area contributed by atoms with Crippen molar-refractivity contribution in [2.45, 2.75) is 13.5 Å². The van der Waals surface area contributed by atoms with Crippen LogP contribution < -0.4 is 10.1 Å². The van der Waals surface area contributed by atoms with E-state index in [-0.39, 0.29) is 12.5 Å². The number of ether oxygens (including phenoxy) is 1. The van der Waals surface area contributed by atoms with Crippen LogP contribution in [0.2, 0.25) is 10.0 Å². The molecule has 5 nitrogen and oxygen atoms in total. The molecule has 8 heteroatoms. The van der Waals surface area contributed by atoms with E-state index < -0.39 is 0 Å². The van der Waals surface area contributed by atoms with Gasteiger partial charge in [-0.15, -0.1) is 0 Å². The number of rotatable bonds is 5. The highest BCUT2D eigenvalue weighted by Crippen LogP contribution is 2.35. The number of halogens is 2. The summed E-state index contributed by atoms with van der Waals surface area (Å²) in [5, 5.41) is 13.0. The highest BCUT2D eigenvalue weighted by Gasteiger charge is 2.29. The third-order valence-corrected chi connectivity index (χ3v) is 5.00. The SMILES string of the molecule is CCN1C(=O)/C(=C\c2cc(Cl)c(OCc3ccccc3C#N)c(Cl)c2)NC1=S. The van der Waals surface area contributed by atoms with Gasteiger partial charge in [0.05, 0.1) is 21.7 Å². The first-order chi connectivity index (χ1) is 13.4. The number of amides is 1. The minimum atomic E-state index is -0.201. The van der Waals surface area contributed by atoms with E-state index in [1.54, 1.807) is 36.4 Å². The Bertz CT molecular complexity index is 1010. The summed E-state index contributed by atoms with van der Waals surface area (Å²) in [6.45, 7) is 2.49. The number of hydrogen-bond donors (Lipinski definition) is 1. The average molecular weight is 432 g/mol. The number of carbonyl (C=O) groups excluding carboxylic acids is 1. The molecule has 0 aromatic heterocycles. The maximum atomic E-state index is 12.3. The fourth-order valence-electron chi connectivity index (χ4n) is 2.73. The fourth-order valence-corrected chi connectivity index (χ4v) is 3.67. The van der Waals surface area contributed by atoms with Gasteiger partial charge in [-0.25, -0.2) is 0 Å². The van der Waals surface area contributed by atoms with Crippen molar-refractivity contribution in [3.8, 4) is 11.8 Å². The summed E-state index contributed by atoms with van der Waals surface area (Å²) >= 11 is 17.8. The van der Waals surface area contributed by atoms with Crippen molar-refractivity contribution in [2.75, 3.05) is 6.54 Å².